The minimum absolute atomic E-state index is 0.417. The standard InChI is InChI=1S/C23H21ClN2O4/c1-14-12-19(20(29-3)13-18(14)24)26-23(28)15(2)30-21(27)10-9-17-7-4-6-16-8-5-11-25-22(16)17/h4-13,15H,1-3H3,(H,26,28)/b10-9-/t15-/m0/s1. The highest BCUT2D eigenvalue weighted by atomic mass is 35.5. The third kappa shape index (κ3) is 4.96. The molecule has 0 saturated heterocycles. The van der Waals surface area contributed by atoms with Crippen molar-refractivity contribution in [3.05, 3.63) is 70.9 Å². The number of anilines is 1. The van der Waals surface area contributed by atoms with Gasteiger partial charge in [-0.05, 0) is 37.6 Å². The number of rotatable bonds is 6. The summed E-state index contributed by atoms with van der Waals surface area (Å²) in [4.78, 5) is 29.0. The third-order valence-electron chi connectivity index (χ3n) is 4.46. The molecule has 1 atom stereocenters. The van der Waals surface area contributed by atoms with Crippen LogP contribution in [0.4, 0.5) is 5.69 Å². The van der Waals surface area contributed by atoms with Gasteiger partial charge in [0.15, 0.2) is 6.10 Å². The van der Waals surface area contributed by atoms with Gasteiger partial charge >= 0.3 is 5.97 Å². The Hall–Kier alpha value is -3.38. The topological polar surface area (TPSA) is 77.5 Å². The van der Waals surface area contributed by atoms with Crippen LogP contribution in [-0.4, -0.2) is 30.1 Å². The lowest BCUT2D eigenvalue weighted by molar-refractivity contribution is -0.148. The predicted molar refractivity (Wildman–Crippen MR) is 118 cm³/mol. The first-order chi connectivity index (χ1) is 14.4. The molecule has 0 fully saturated rings. The fourth-order valence-corrected chi connectivity index (χ4v) is 3.01. The summed E-state index contributed by atoms with van der Waals surface area (Å²) in [5.74, 6) is -0.700. The van der Waals surface area contributed by atoms with Crippen LogP contribution in [0.2, 0.25) is 5.02 Å². The highest BCUT2D eigenvalue weighted by molar-refractivity contribution is 6.31. The van der Waals surface area contributed by atoms with Crippen molar-refractivity contribution in [1.82, 2.24) is 4.98 Å². The quantitative estimate of drug-likeness (QED) is 0.454. The van der Waals surface area contributed by atoms with Gasteiger partial charge < -0.3 is 14.8 Å². The van der Waals surface area contributed by atoms with E-state index in [2.05, 4.69) is 10.3 Å². The number of fused-ring (bicyclic) bond motifs is 1. The van der Waals surface area contributed by atoms with Crippen molar-refractivity contribution in [2.24, 2.45) is 0 Å². The molecule has 3 aromatic rings. The van der Waals surface area contributed by atoms with E-state index >= 15 is 0 Å². The minimum atomic E-state index is -1.01. The molecule has 1 heterocycles. The number of benzene rings is 2. The van der Waals surface area contributed by atoms with Gasteiger partial charge in [-0.1, -0.05) is 35.9 Å². The second-order valence-corrected chi connectivity index (χ2v) is 7.03. The lowest BCUT2D eigenvalue weighted by atomic mass is 10.1. The molecule has 2 aromatic carbocycles. The minimum Gasteiger partial charge on any atom is -0.495 e. The number of carbonyl (C=O) groups is 2. The molecule has 1 N–H and O–H groups in total. The second-order valence-electron chi connectivity index (χ2n) is 6.63. The maximum atomic E-state index is 12.5. The smallest absolute Gasteiger partial charge is 0.331 e. The summed E-state index contributed by atoms with van der Waals surface area (Å²) in [5.41, 5.74) is 2.79. The number of methoxy groups -OCH3 is 1. The van der Waals surface area contributed by atoms with Crippen molar-refractivity contribution in [3.8, 4) is 5.75 Å². The zero-order chi connectivity index (χ0) is 21.7. The normalized spacial score (nSPS) is 12.0. The fourth-order valence-electron chi connectivity index (χ4n) is 2.85. The molecule has 1 amide bonds. The molecule has 0 aliphatic carbocycles. The molecule has 0 unspecified atom stereocenters. The Bertz CT molecular complexity index is 1120. The van der Waals surface area contributed by atoms with Crippen molar-refractivity contribution >= 4 is 46.1 Å². The van der Waals surface area contributed by atoms with Crippen molar-refractivity contribution in [2.45, 2.75) is 20.0 Å². The maximum Gasteiger partial charge on any atom is 0.331 e. The summed E-state index contributed by atoms with van der Waals surface area (Å²) >= 11 is 6.08. The number of hydrogen-bond donors (Lipinski definition) is 1. The van der Waals surface area contributed by atoms with Crippen LogP contribution in [0, 0.1) is 6.92 Å². The van der Waals surface area contributed by atoms with E-state index in [4.69, 9.17) is 21.1 Å². The molecule has 0 aliphatic rings. The van der Waals surface area contributed by atoms with Crippen LogP contribution in [0.1, 0.15) is 18.1 Å². The lowest BCUT2D eigenvalue weighted by Gasteiger charge is -2.15. The SMILES string of the molecule is COc1cc(Cl)c(C)cc1NC(=O)[C@H](C)OC(=O)/C=C\c1cccc2cccnc12. The van der Waals surface area contributed by atoms with Gasteiger partial charge in [-0.3, -0.25) is 9.78 Å². The number of aryl methyl sites for hydroxylation is 1. The molecular formula is C23H21ClN2O4. The molecule has 6 nitrogen and oxygen atoms in total. The molecule has 0 radical (unpaired) electrons. The average Bonchev–Trinajstić information content (AvgIpc) is 2.74. The Morgan fingerprint density at radius 3 is 2.73 bits per heavy atom. The molecule has 3 rings (SSSR count). The number of nitrogens with one attached hydrogen (secondary N) is 1. The van der Waals surface area contributed by atoms with Crippen molar-refractivity contribution in [2.75, 3.05) is 12.4 Å². The summed E-state index contributed by atoms with van der Waals surface area (Å²) in [5, 5.41) is 4.19. The van der Waals surface area contributed by atoms with Gasteiger partial charge in [-0.25, -0.2) is 4.79 Å². The van der Waals surface area contributed by atoms with Crippen molar-refractivity contribution < 1.29 is 19.1 Å². The molecule has 1 aromatic heterocycles. The van der Waals surface area contributed by atoms with Crippen LogP contribution in [0.15, 0.2) is 54.7 Å². The summed E-state index contributed by atoms with van der Waals surface area (Å²) in [7, 11) is 1.48. The van der Waals surface area contributed by atoms with Gasteiger partial charge in [0.2, 0.25) is 0 Å². The zero-order valence-corrected chi connectivity index (χ0v) is 17.6. The first-order valence-corrected chi connectivity index (χ1v) is 9.64. The van der Waals surface area contributed by atoms with Gasteiger partial charge in [-0.15, -0.1) is 0 Å². The average molecular weight is 425 g/mol. The maximum absolute atomic E-state index is 12.5. The summed E-state index contributed by atoms with van der Waals surface area (Å²) < 4.78 is 10.5. The molecular weight excluding hydrogens is 404 g/mol. The van der Waals surface area contributed by atoms with Crippen LogP contribution in [0.5, 0.6) is 5.75 Å². The molecule has 0 spiro atoms. The number of pyridine rings is 1. The van der Waals surface area contributed by atoms with E-state index in [0.29, 0.717) is 16.5 Å². The number of esters is 1. The molecule has 154 valence electrons. The number of aromatic nitrogens is 1. The summed E-state index contributed by atoms with van der Waals surface area (Å²) in [6, 6.07) is 12.8. The van der Waals surface area contributed by atoms with Crippen LogP contribution in [0.3, 0.4) is 0 Å². The van der Waals surface area contributed by atoms with Crippen molar-refractivity contribution in [1.29, 1.82) is 0 Å². The van der Waals surface area contributed by atoms with E-state index in [9.17, 15) is 9.59 Å². The number of nitrogens with zero attached hydrogens (tertiary/aromatic N) is 1. The zero-order valence-electron chi connectivity index (χ0n) is 16.8. The largest absolute Gasteiger partial charge is 0.495 e. The molecule has 0 saturated carbocycles. The van der Waals surface area contributed by atoms with Gasteiger partial charge in [0.25, 0.3) is 5.91 Å². The van der Waals surface area contributed by atoms with Gasteiger partial charge in [0.1, 0.15) is 5.75 Å². The van der Waals surface area contributed by atoms with Gasteiger partial charge in [0.05, 0.1) is 18.3 Å². The number of halogens is 1. The van der Waals surface area contributed by atoms with Crippen LogP contribution >= 0.6 is 11.6 Å². The predicted octanol–water partition coefficient (Wildman–Crippen LogP) is 4.79. The Balaban J connectivity index is 1.66. The van der Waals surface area contributed by atoms with Crippen molar-refractivity contribution in [3.63, 3.8) is 0 Å². The van der Waals surface area contributed by atoms with Crippen LogP contribution < -0.4 is 10.1 Å². The monoisotopic (exact) mass is 424 g/mol. The summed E-state index contributed by atoms with van der Waals surface area (Å²) in [6.07, 6.45) is 3.58. The molecule has 0 bridgehead atoms. The van der Waals surface area contributed by atoms with E-state index in [1.54, 1.807) is 24.4 Å². The molecule has 7 heteroatoms. The number of carbonyl (C=O) groups excluding carboxylic acids is 2. The van der Waals surface area contributed by atoms with Gasteiger partial charge in [-0.2, -0.15) is 0 Å². The molecule has 30 heavy (non-hydrogen) atoms. The van der Waals surface area contributed by atoms with E-state index in [1.165, 1.54) is 20.1 Å². The van der Waals surface area contributed by atoms with E-state index < -0.39 is 18.0 Å². The van der Waals surface area contributed by atoms with Crippen LogP contribution in [0.25, 0.3) is 17.0 Å². The third-order valence-corrected chi connectivity index (χ3v) is 4.87. The van der Waals surface area contributed by atoms with E-state index in [1.807, 2.05) is 37.3 Å². The highest BCUT2D eigenvalue weighted by Crippen LogP contribution is 2.31. The van der Waals surface area contributed by atoms with Crippen LogP contribution in [-0.2, 0) is 14.3 Å². The fraction of sp³-hybridized carbons (Fsp3) is 0.174. The lowest BCUT2D eigenvalue weighted by Crippen LogP contribution is -2.29. The van der Waals surface area contributed by atoms with E-state index in [-0.39, 0.29) is 0 Å². The first-order valence-electron chi connectivity index (χ1n) is 9.26. The Morgan fingerprint density at radius 1 is 1.20 bits per heavy atom. The Morgan fingerprint density at radius 2 is 1.97 bits per heavy atom. The number of ether oxygens (including phenoxy) is 2. The second kappa shape index (κ2) is 9.41. The summed E-state index contributed by atoms with van der Waals surface area (Å²) in [6.45, 7) is 3.31. The number of amides is 1. The first kappa shape index (κ1) is 21.3. The number of para-hydroxylation sites is 1. The Labute approximate surface area is 179 Å². The number of hydrogen-bond acceptors (Lipinski definition) is 5. The molecule has 0 aliphatic heterocycles. The van der Waals surface area contributed by atoms with Gasteiger partial charge in [0, 0.05) is 34.3 Å². The Kier molecular flexibility index (Phi) is 6.69. The van der Waals surface area contributed by atoms with E-state index in [0.717, 1.165) is 22.0 Å². The highest BCUT2D eigenvalue weighted by Gasteiger charge is 2.19.